The second-order valence-electron chi connectivity index (χ2n) is 8.05. The van der Waals surface area contributed by atoms with E-state index in [9.17, 15) is 4.79 Å². The minimum Gasteiger partial charge on any atom is -0.462 e. The van der Waals surface area contributed by atoms with E-state index in [0.717, 1.165) is 57.3 Å². The lowest BCUT2D eigenvalue weighted by Crippen LogP contribution is -2.39. The molecule has 7 heteroatoms. The second-order valence-corrected chi connectivity index (χ2v) is 8.05. The van der Waals surface area contributed by atoms with E-state index in [4.69, 9.17) is 10.8 Å². The van der Waals surface area contributed by atoms with Gasteiger partial charge in [0.15, 0.2) is 0 Å². The fraction of sp³-hybridized carbons (Fsp3) is 0.714. The molecule has 2 heterocycles. The molecule has 1 fully saturated rings. The van der Waals surface area contributed by atoms with Crippen molar-refractivity contribution in [1.29, 1.82) is 0 Å². The summed E-state index contributed by atoms with van der Waals surface area (Å²) in [5.41, 5.74) is 8.13. The number of piperidine rings is 1. The number of unbranched alkanes of at least 4 members (excludes halogenated alkanes) is 3. The molecule has 0 radical (unpaired) electrons. The first-order valence-corrected chi connectivity index (χ1v) is 10.3. The molecule has 2 rings (SSSR count). The summed E-state index contributed by atoms with van der Waals surface area (Å²) in [6, 6.07) is 0. The van der Waals surface area contributed by atoms with Crippen LogP contribution in [0, 0.1) is 5.92 Å². The molecule has 2 aliphatic heterocycles. The zero-order valence-corrected chi connectivity index (χ0v) is 17.6. The fourth-order valence-corrected chi connectivity index (χ4v) is 3.05. The molecule has 2 aliphatic rings. The number of hydrogen-bond donors (Lipinski definition) is 4. The van der Waals surface area contributed by atoms with Crippen molar-refractivity contribution in [1.82, 2.24) is 10.6 Å². The third-order valence-corrected chi connectivity index (χ3v) is 4.53. The van der Waals surface area contributed by atoms with Gasteiger partial charge in [-0.3, -0.25) is 9.79 Å². The number of nitrogens with one attached hydrogen (secondary N) is 2. The Labute approximate surface area is 171 Å². The highest BCUT2D eigenvalue weighted by atomic mass is 16.5. The molecular formula is C21H40N4O3. The molecule has 0 aliphatic carbocycles. The number of nitrogens with two attached hydrogens (primary N) is 1. The first-order chi connectivity index (χ1) is 13.4. The predicted molar refractivity (Wildman–Crippen MR) is 116 cm³/mol. The standard InChI is InChI=1S/C16H28N4O.C5H10O2.H2/c17-16-15(19-8-3-1-2-4-12-21)14(7-11-20-16)13-5-9-18-10-6-13;1-5(2,3)7-4-6;/h7-8,11,13,16,18,20-21H,1-6,9-10,12,17H2;4H,1-3H3;1H. The number of carbonyl (C=O) groups excluding carboxylic acids is 1. The van der Waals surface area contributed by atoms with Crippen LogP contribution >= 0.6 is 0 Å². The molecule has 0 aromatic carbocycles. The van der Waals surface area contributed by atoms with Crippen molar-refractivity contribution < 1.29 is 16.1 Å². The summed E-state index contributed by atoms with van der Waals surface area (Å²) < 4.78 is 4.55. The van der Waals surface area contributed by atoms with Crippen LogP contribution in [-0.2, 0) is 9.53 Å². The molecule has 0 aromatic heterocycles. The number of aliphatic hydroxyl groups is 1. The van der Waals surface area contributed by atoms with Crippen LogP contribution in [0.4, 0.5) is 0 Å². The molecule has 1 saturated heterocycles. The van der Waals surface area contributed by atoms with Crippen molar-refractivity contribution in [3.63, 3.8) is 0 Å². The molecule has 0 spiro atoms. The Bertz CT molecular complexity index is 539. The van der Waals surface area contributed by atoms with Gasteiger partial charge in [0.1, 0.15) is 11.8 Å². The first kappa shape index (κ1) is 24.3. The van der Waals surface area contributed by atoms with Crippen LogP contribution in [0.3, 0.4) is 0 Å². The van der Waals surface area contributed by atoms with Crippen LogP contribution in [-0.4, -0.2) is 49.3 Å². The molecule has 162 valence electrons. The van der Waals surface area contributed by atoms with Gasteiger partial charge in [0.2, 0.25) is 0 Å². The van der Waals surface area contributed by atoms with E-state index in [2.05, 4.69) is 26.4 Å². The predicted octanol–water partition coefficient (Wildman–Crippen LogP) is 2.47. The van der Waals surface area contributed by atoms with Gasteiger partial charge in [-0.05, 0) is 89.7 Å². The lowest BCUT2D eigenvalue weighted by molar-refractivity contribution is -0.138. The average molecular weight is 397 g/mol. The van der Waals surface area contributed by atoms with Gasteiger partial charge < -0.3 is 26.2 Å². The second kappa shape index (κ2) is 13.5. The summed E-state index contributed by atoms with van der Waals surface area (Å²) in [6.45, 7) is 8.34. The number of nitrogens with zero attached hydrogens (tertiary/aromatic N) is 1. The summed E-state index contributed by atoms with van der Waals surface area (Å²) >= 11 is 0. The fourth-order valence-electron chi connectivity index (χ4n) is 3.05. The van der Waals surface area contributed by atoms with E-state index >= 15 is 0 Å². The summed E-state index contributed by atoms with van der Waals surface area (Å²) in [5, 5.41) is 15.3. The molecule has 5 N–H and O–H groups in total. The van der Waals surface area contributed by atoms with Crippen LogP contribution in [0.25, 0.3) is 0 Å². The van der Waals surface area contributed by atoms with Gasteiger partial charge in [-0.15, -0.1) is 0 Å². The highest BCUT2D eigenvalue weighted by molar-refractivity contribution is 5.60. The maximum atomic E-state index is 9.60. The molecule has 28 heavy (non-hydrogen) atoms. The number of dihydropyridines is 1. The quantitative estimate of drug-likeness (QED) is 0.285. The third-order valence-electron chi connectivity index (χ3n) is 4.53. The van der Waals surface area contributed by atoms with E-state index in [1.807, 2.05) is 33.2 Å². The van der Waals surface area contributed by atoms with Crippen molar-refractivity contribution in [3.8, 4) is 0 Å². The van der Waals surface area contributed by atoms with Gasteiger partial charge in [0, 0.05) is 14.2 Å². The minimum atomic E-state index is -0.318. The molecule has 0 aromatic rings. The largest absolute Gasteiger partial charge is 0.462 e. The van der Waals surface area contributed by atoms with Crippen LogP contribution in [0.1, 0.15) is 60.7 Å². The van der Waals surface area contributed by atoms with Gasteiger partial charge in [-0.25, -0.2) is 0 Å². The van der Waals surface area contributed by atoms with Crippen LogP contribution in [0.2, 0.25) is 0 Å². The van der Waals surface area contributed by atoms with Crippen LogP contribution in [0.5, 0.6) is 0 Å². The van der Waals surface area contributed by atoms with Crippen LogP contribution < -0.4 is 16.4 Å². The van der Waals surface area contributed by atoms with Crippen molar-refractivity contribution in [2.75, 3.05) is 19.7 Å². The smallest absolute Gasteiger partial charge is 0.293 e. The summed E-state index contributed by atoms with van der Waals surface area (Å²) in [5.74, 6) is 0.567. The average Bonchev–Trinajstić information content (AvgIpc) is 2.66. The van der Waals surface area contributed by atoms with Crippen LogP contribution in [0.15, 0.2) is 28.5 Å². The SMILES string of the molecule is CC(C)(C)OC=O.NC1NC=CC(C2CCNCC2)=C1N=CCCCCCO.[HH]. The van der Waals surface area contributed by atoms with E-state index in [1.54, 1.807) is 0 Å². The number of rotatable bonds is 8. The molecule has 7 nitrogen and oxygen atoms in total. The monoisotopic (exact) mass is 396 g/mol. The van der Waals surface area contributed by atoms with E-state index in [-0.39, 0.29) is 19.8 Å². The zero-order chi connectivity index (χ0) is 20.8. The Hall–Kier alpha value is -1.70. The highest BCUT2D eigenvalue weighted by Gasteiger charge is 2.23. The molecule has 0 saturated carbocycles. The lowest BCUT2D eigenvalue weighted by atomic mass is 9.87. The Morgan fingerprint density at radius 2 is 2.04 bits per heavy atom. The van der Waals surface area contributed by atoms with Crippen molar-refractivity contribution in [3.05, 3.63) is 23.5 Å². The van der Waals surface area contributed by atoms with E-state index < -0.39 is 0 Å². The van der Waals surface area contributed by atoms with Gasteiger partial charge in [-0.2, -0.15) is 0 Å². The van der Waals surface area contributed by atoms with Gasteiger partial charge in [-0.1, -0.05) is 6.42 Å². The lowest BCUT2D eigenvalue weighted by Gasteiger charge is -2.29. The normalized spacial score (nSPS) is 20.5. The number of ether oxygens (including phenoxy) is 1. The highest BCUT2D eigenvalue weighted by Crippen LogP contribution is 2.28. The van der Waals surface area contributed by atoms with Crippen molar-refractivity contribution in [2.24, 2.45) is 16.6 Å². The number of aliphatic hydroxyl groups excluding tert-OH is 1. The summed E-state index contributed by atoms with van der Waals surface area (Å²) in [4.78, 5) is 14.2. The topological polar surface area (TPSA) is 109 Å². The first-order valence-electron chi connectivity index (χ1n) is 10.3. The summed E-state index contributed by atoms with van der Waals surface area (Å²) in [6.07, 6.45) is 12.1. The van der Waals surface area contributed by atoms with E-state index in [1.165, 1.54) is 5.57 Å². The number of hydrogen-bond acceptors (Lipinski definition) is 7. The maximum absolute atomic E-state index is 9.60. The third kappa shape index (κ3) is 10.0. The molecule has 1 unspecified atom stereocenters. The Balaban J connectivity index is 0.000000846. The maximum Gasteiger partial charge on any atom is 0.293 e. The van der Waals surface area contributed by atoms with Gasteiger partial charge in [0.25, 0.3) is 6.47 Å². The molecule has 1 atom stereocenters. The van der Waals surface area contributed by atoms with E-state index in [0.29, 0.717) is 12.4 Å². The zero-order valence-electron chi connectivity index (χ0n) is 17.6. The molecular weight excluding hydrogens is 356 g/mol. The summed E-state index contributed by atoms with van der Waals surface area (Å²) in [7, 11) is 0. The van der Waals surface area contributed by atoms with Crippen molar-refractivity contribution >= 4 is 12.7 Å². The number of carbonyl (C=O) groups is 1. The van der Waals surface area contributed by atoms with Crippen molar-refractivity contribution in [2.45, 2.75) is 71.1 Å². The number of allylic oxidation sites excluding steroid dienone is 2. The van der Waals surface area contributed by atoms with Gasteiger partial charge in [0.05, 0.1) is 5.70 Å². The number of aliphatic imine (C=N–C) groups is 1. The Morgan fingerprint density at radius 1 is 1.32 bits per heavy atom. The Kier molecular flexibility index (Phi) is 11.7. The van der Waals surface area contributed by atoms with Gasteiger partial charge >= 0.3 is 0 Å². The molecule has 0 amide bonds. The molecule has 0 bridgehead atoms. The minimum absolute atomic E-state index is 0. The Morgan fingerprint density at radius 3 is 2.61 bits per heavy atom.